The highest BCUT2D eigenvalue weighted by Crippen LogP contribution is 2.23. The van der Waals surface area contributed by atoms with Crippen molar-refractivity contribution in [2.24, 2.45) is 0 Å². The Bertz CT molecular complexity index is 526. The van der Waals surface area contributed by atoms with E-state index >= 15 is 0 Å². The fraction of sp³-hybridized carbons (Fsp3) is 0.533. The maximum absolute atomic E-state index is 12.2. The summed E-state index contributed by atoms with van der Waals surface area (Å²) in [5, 5.41) is 12.3. The van der Waals surface area contributed by atoms with Gasteiger partial charge in [0.15, 0.2) is 0 Å². The van der Waals surface area contributed by atoms with E-state index < -0.39 is 19.1 Å². The van der Waals surface area contributed by atoms with Crippen LogP contribution in [0.3, 0.4) is 0 Å². The summed E-state index contributed by atoms with van der Waals surface area (Å²) in [7, 11) is 0. The smallest absolute Gasteiger partial charge is 0.321 e. The van der Waals surface area contributed by atoms with Gasteiger partial charge in [0, 0.05) is 24.8 Å². The number of ether oxygens (including phenoxy) is 1. The Balaban J connectivity index is 1.99. The minimum absolute atomic E-state index is 0.298. The molecule has 0 unspecified atom stereocenters. The van der Waals surface area contributed by atoms with Crippen molar-refractivity contribution >= 4 is 11.7 Å². The van der Waals surface area contributed by atoms with Crippen LogP contribution in [0.1, 0.15) is 18.4 Å². The number of likely N-dealkylation sites (tertiary alicyclic amines) is 1. The van der Waals surface area contributed by atoms with Gasteiger partial charge < -0.3 is 20.1 Å². The van der Waals surface area contributed by atoms with Crippen LogP contribution in [0.25, 0.3) is 0 Å². The number of nitrogens with zero attached hydrogens (tertiary/aromatic N) is 1. The summed E-state index contributed by atoms with van der Waals surface area (Å²) in [5.41, 5.74) is 1.19. The molecule has 0 bridgehead atoms. The number of piperidine rings is 1. The fourth-order valence-corrected chi connectivity index (χ4v) is 2.33. The van der Waals surface area contributed by atoms with Gasteiger partial charge in [0.25, 0.3) is 6.43 Å². The molecule has 22 heavy (non-hydrogen) atoms. The van der Waals surface area contributed by atoms with Gasteiger partial charge in [-0.3, -0.25) is 0 Å². The Morgan fingerprint density at radius 2 is 2.32 bits per heavy atom. The molecule has 1 heterocycles. The van der Waals surface area contributed by atoms with Gasteiger partial charge in [-0.15, -0.1) is 0 Å². The number of amides is 2. The first-order chi connectivity index (χ1) is 10.5. The maximum atomic E-state index is 12.2. The molecule has 0 saturated carbocycles. The average Bonchev–Trinajstić information content (AvgIpc) is 2.47. The number of benzene rings is 1. The van der Waals surface area contributed by atoms with Gasteiger partial charge in [-0.2, -0.15) is 0 Å². The number of aliphatic hydroxyl groups excluding tert-OH is 1. The van der Waals surface area contributed by atoms with Gasteiger partial charge in [-0.1, -0.05) is 6.07 Å². The molecule has 1 aliphatic rings. The van der Waals surface area contributed by atoms with Crippen LogP contribution in [0.15, 0.2) is 18.2 Å². The van der Waals surface area contributed by atoms with E-state index in [0.717, 1.165) is 6.42 Å². The highest BCUT2D eigenvalue weighted by Gasteiger charge is 2.22. The molecule has 0 aliphatic carbocycles. The van der Waals surface area contributed by atoms with Crippen molar-refractivity contribution in [2.45, 2.75) is 32.3 Å². The van der Waals surface area contributed by atoms with Crippen molar-refractivity contribution in [1.29, 1.82) is 0 Å². The van der Waals surface area contributed by atoms with Crippen molar-refractivity contribution in [2.75, 3.05) is 25.0 Å². The second-order valence-corrected chi connectivity index (χ2v) is 5.35. The molecule has 2 amide bonds. The van der Waals surface area contributed by atoms with Crippen molar-refractivity contribution in [1.82, 2.24) is 4.90 Å². The van der Waals surface area contributed by atoms with Crippen molar-refractivity contribution < 1.29 is 23.4 Å². The van der Waals surface area contributed by atoms with Gasteiger partial charge in [0.2, 0.25) is 0 Å². The zero-order valence-corrected chi connectivity index (χ0v) is 12.4. The molecular weight excluding hydrogens is 294 g/mol. The lowest BCUT2D eigenvalue weighted by atomic mass is 10.1. The number of β-amino-alcohol motifs (C(OH)–C–C–N with tert-alkyl or cyclic N) is 1. The predicted molar refractivity (Wildman–Crippen MR) is 78.5 cm³/mol. The van der Waals surface area contributed by atoms with Gasteiger partial charge in [-0.25, -0.2) is 13.6 Å². The Labute approximate surface area is 127 Å². The molecule has 1 aromatic rings. The Hall–Kier alpha value is -1.89. The molecule has 122 valence electrons. The number of rotatable bonds is 4. The van der Waals surface area contributed by atoms with Gasteiger partial charge in [0.05, 0.1) is 6.10 Å². The molecule has 5 nitrogen and oxygen atoms in total. The quantitative estimate of drug-likeness (QED) is 0.898. The third kappa shape index (κ3) is 4.56. The number of anilines is 1. The number of nitrogens with one attached hydrogen (secondary N) is 1. The normalized spacial score (nSPS) is 18.4. The summed E-state index contributed by atoms with van der Waals surface area (Å²) in [6.07, 6.45) is -1.60. The summed E-state index contributed by atoms with van der Waals surface area (Å²) in [5.74, 6) is 0.316. The standard InChI is InChI=1S/C15H20F2N2O3/c1-10-4-5-11(7-13(10)22-9-14(16)17)18-15(21)19-6-2-3-12(20)8-19/h4-5,7,12,14,20H,2-3,6,8-9H2,1H3,(H,18,21)/t12-/m1/s1. The number of hydrogen-bond donors (Lipinski definition) is 2. The second kappa shape index (κ2) is 7.40. The van der Waals surface area contributed by atoms with E-state index in [-0.39, 0.29) is 6.03 Å². The third-order valence-corrected chi connectivity index (χ3v) is 3.49. The highest BCUT2D eigenvalue weighted by molar-refractivity contribution is 5.89. The Kier molecular flexibility index (Phi) is 5.54. The van der Waals surface area contributed by atoms with Crippen LogP contribution in [0.5, 0.6) is 5.75 Å². The summed E-state index contributed by atoms with van der Waals surface area (Å²) < 4.78 is 29.5. The molecule has 1 atom stereocenters. The minimum atomic E-state index is -2.55. The molecular formula is C15H20F2N2O3. The molecule has 0 spiro atoms. The number of urea groups is 1. The number of halogens is 2. The number of carbonyl (C=O) groups is 1. The first-order valence-electron chi connectivity index (χ1n) is 7.21. The van der Waals surface area contributed by atoms with Crippen LogP contribution in [0.4, 0.5) is 19.3 Å². The topological polar surface area (TPSA) is 61.8 Å². The van der Waals surface area contributed by atoms with Crippen LogP contribution < -0.4 is 10.1 Å². The number of aliphatic hydroxyl groups is 1. The lowest BCUT2D eigenvalue weighted by Gasteiger charge is -2.30. The van der Waals surface area contributed by atoms with E-state index in [1.807, 2.05) is 0 Å². The van der Waals surface area contributed by atoms with E-state index in [1.54, 1.807) is 19.1 Å². The summed E-state index contributed by atoms with van der Waals surface area (Å²) in [6, 6.07) is 4.59. The van der Waals surface area contributed by atoms with E-state index in [9.17, 15) is 18.7 Å². The predicted octanol–water partition coefficient (Wildman–Crippen LogP) is 2.63. The molecule has 7 heteroatoms. The van der Waals surface area contributed by atoms with Crippen molar-refractivity contribution in [3.05, 3.63) is 23.8 Å². The van der Waals surface area contributed by atoms with Crippen molar-refractivity contribution in [3.63, 3.8) is 0 Å². The van der Waals surface area contributed by atoms with Gasteiger partial charge in [-0.05, 0) is 31.4 Å². The zero-order chi connectivity index (χ0) is 16.1. The molecule has 0 radical (unpaired) electrons. The Morgan fingerprint density at radius 3 is 3.00 bits per heavy atom. The van der Waals surface area contributed by atoms with Crippen LogP contribution in [-0.2, 0) is 0 Å². The summed E-state index contributed by atoms with van der Waals surface area (Å²) in [4.78, 5) is 13.7. The summed E-state index contributed by atoms with van der Waals surface area (Å²) in [6.45, 7) is 1.94. The number of alkyl halides is 2. The fourth-order valence-electron chi connectivity index (χ4n) is 2.33. The van der Waals surface area contributed by atoms with Gasteiger partial charge in [0.1, 0.15) is 12.4 Å². The first kappa shape index (κ1) is 16.5. The Morgan fingerprint density at radius 1 is 1.55 bits per heavy atom. The largest absolute Gasteiger partial charge is 0.487 e. The lowest BCUT2D eigenvalue weighted by Crippen LogP contribution is -2.44. The van der Waals surface area contributed by atoms with E-state index in [1.165, 1.54) is 11.0 Å². The van der Waals surface area contributed by atoms with Crippen molar-refractivity contribution in [3.8, 4) is 5.75 Å². The SMILES string of the molecule is Cc1ccc(NC(=O)N2CCC[C@@H](O)C2)cc1OCC(F)F. The molecule has 1 aliphatic heterocycles. The van der Waals surface area contributed by atoms with Crippen LogP contribution in [-0.4, -0.2) is 48.3 Å². The molecule has 2 N–H and O–H groups in total. The van der Waals surface area contributed by atoms with Gasteiger partial charge >= 0.3 is 6.03 Å². The monoisotopic (exact) mass is 314 g/mol. The van der Waals surface area contributed by atoms with Crippen LogP contribution in [0, 0.1) is 6.92 Å². The molecule has 2 rings (SSSR count). The number of hydrogen-bond acceptors (Lipinski definition) is 3. The number of aryl methyl sites for hydroxylation is 1. The second-order valence-electron chi connectivity index (χ2n) is 5.35. The molecule has 0 aromatic heterocycles. The lowest BCUT2D eigenvalue weighted by molar-refractivity contribution is 0.0816. The molecule has 1 saturated heterocycles. The first-order valence-corrected chi connectivity index (χ1v) is 7.21. The number of carbonyl (C=O) groups excluding carboxylic acids is 1. The third-order valence-electron chi connectivity index (χ3n) is 3.49. The van der Waals surface area contributed by atoms with Crippen LogP contribution >= 0.6 is 0 Å². The minimum Gasteiger partial charge on any atom is -0.487 e. The van der Waals surface area contributed by atoms with Crippen LogP contribution in [0.2, 0.25) is 0 Å². The highest BCUT2D eigenvalue weighted by atomic mass is 19.3. The van der Waals surface area contributed by atoms with E-state index in [2.05, 4.69) is 5.32 Å². The molecule has 1 fully saturated rings. The van der Waals surface area contributed by atoms with E-state index in [0.29, 0.717) is 36.5 Å². The summed E-state index contributed by atoms with van der Waals surface area (Å²) >= 11 is 0. The molecule has 1 aromatic carbocycles. The average molecular weight is 314 g/mol. The zero-order valence-electron chi connectivity index (χ0n) is 12.4. The van der Waals surface area contributed by atoms with E-state index in [4.69, 9.17) is 4.74 Å². The maximum Gasteiger partial charge on any atom is 0.321 e.